The van der Waals surface area contributed by atoms with Gasteiger partial charge in [-0.1, -0.05) is 51.1 Å². The lowest BCUT2D eigenvalue weighted by Gasteiger charge is -2.19. The van der Waals surface area contributed by atoms with Crippen molar-refractivity contribution in [2.24, 2.45) is 5.73 Å². The number of aromatic nitrogens is 2. The van der Waals surface area contributed by atoms with Crippen molar-refractivity contribution < 1.29 is 0 Å². The van der Waals surface area contributed by atoms with Crippen LogP contribution in [0.4, 0.5) is 0 Å². The summed E-state index contributed by atoms with van der Waals surface area (Å²) < 4.78 is 2.06. The van der Waals surface area contributed by atoms with Crippen molar-refractivity contribution in [1.29, 1.82) is 0 Å². The van der Waals surface area contributed by atoms with E-state index in [2.05, 4.69) is 49.4 Å². The van der Waals surface area contributed by atoms with Gasteiger partial charge >= 0.3 is 0 Å². The quantitative estimate of drug-likeness (QED) is 0.776. The number of hydrogen-bond acceptors (Lipinski definition) is 2. The highest BCUT2D eigenvalue weighted by Gasteiger charge is 2.15. The Morgan fingerprint density at radius 3 is 2.38 bits per heavy atom. The van der Waals surface area contributed by atoms with Gasteiger partial charge in [0.25, 0.3) is 0 Å². The lowest BCUT2D eigenvalue weighted by atomic mass is 9.86. The number of nitrogens with two attached hydrogens (primary N) is 1. The number of benzene rings is 1. The van der Waals surface area contributed by atoms with Crippen molar-refractivity contribution >= 4 is 5.65 Å². The Balaban J connectivity index is 2.12. The van der Waals surface area contributed by atoms with Gasteiger partial charge in [0.15, 0.2) is 0 Å². The number of fused-ring (bicyclic) bond motifs is 1. The third-order valence-corrected chi connectivity index (χ3v) is 3.85. The van der Waals surface area contributed by atoms with Crippen LogP contribution in [-0.2, 0) is 12.0 Å². The van der Waals surface area contributed by atoms with E-state index in [0.717, 1.165) is 22.6 Å². The summed E-state index contributed by atoms with van der Waals surface area (Å²) in [7, 11) is 0. The van der Waals surface area contributed by atoms with Crippen LogP contribution in [0.1, 0.15) is 32.0 Å². The molecule has 1 aromatic carbocycles. The molecule has 0 atom stereocenters. The zero-order chi connectivity index (χ0) is 15.0. The molecule has 0 saturated carbocycles. The average molecular weight is 279 g/mol. The summed E-state index contributed by atoms with van der Waals surface area (Å²) in [6.07, 6.45) is 2.01. The van der Waals surface area contributed by atoms with Gasteiger partial charge in [-0.25, -0.2) is 4.98 Å². The Morgan fingerprint density at radius 1 is 1.05 bits per heavy atom. The summed E-state index contributed by atoms with van der Waals surface area (Å²) in [6, 6.07) is 14.6. The lowest BCUT2D eigenvalue weighted by Crippen LogP contribution is -2.10. The van der Waals surface area contributed by atoms with Gasteiger partial charge in [0.05, 0.1) is 11.4 Å². The molecule has 0 spiro atoms. The van der Waals surface area contributed by atoms with Crippen LogP contribution >= 0.6 is 0 Å². The number of pyridine rings is 1. The summed E-state index contributed by atoms with van der Waals surface area (Å²) in [4.78, 5) is 4.73. The largest absolute Gasteiger partial charge is 0.325 e. The molecule has 108 valence electrons. The van der Waals surface area contributed by atoms with Gasteiger partial charge < -0.3 is 10.1 Å². The van der Waals surface area contributed by atoms with Gasteiger partial charge in [-0.3, -0.25) is 0 Å². The van der Waals surface area contributed by atoms with Crippen LogP contribution < -0.4 is 5.73 Å². The summed E-state index contributed by atoms with van der Waals surface area (Å²) in [5, 5.41) is 0. The second-order valence-electron chi connectivity index (χ2n) is 6.37. The molecule has 0 saturated heterocycles. The molecule has 0 aliphatic heterocycles. The van der Waals surface area contributed by atoms with E-state index >= 15 is 0 Å². The highest BCUT2D eigenvalue weighted by atomic mass is 15.0. The van der Waals surface area contributed by atoms with Crippen LogP contribution in [0, 0.1) is 0 Å². The lowest BCUT2D eigenvalue weighted by molar-refractivity contribution is 0.590. The Labute approximate surface area is 125 Å². The van der Waals surface area contributed by atoms with Crippen LogP contribution in [0.15, 0.2) is 48.7 Å². The van der Waals surface area contributed by atoms with Crippen molar-refractivity contribution in [3.8, 4) is 11.3 Å². The molecule has 0 amide bonds. The normalized spacial score (nSPS) is 12.0. The predicted molar refractivity (Wildman–Crippen MR) is 87.2 cm³/mol. The second-order valence-corrected chi connectivity index (χ2v) is 6.37. The van der Waals surface area contributed by atoms with Gasteiger partial charge in [0.2, 0.25) is 0 Å². The van der Waals surface area contributed by atoms with Gasteiger partial charge in [-0.05, 0) is 23.1 Å². The molecule has 2 aromatic heterocycles. The topological polar surface area (TPSA) is 43.3 Å². The monoisotopic (exact) mass is 279 g/mol. The standard InChI is InChI=1S/C18H21N3/c1-18(2,3)14-9-7-13(8-10-14)17-15(12-19)21-11-5-4-6-16(21)20-17/h4-11H,12,19H2,1-3H3. The van der Waals surface area contributed by atoms with Crippen molar-refractivity contribution in [3.05, 3.63) is 59.9 Å². The summed E-state index contributed by atoms with van der Waals surface area (Å²) >= 11 is 0. The van der Waals surface area contributed by atoms with Crippen molar-refractivity contribution in [1.82, 2.24) is 9.38 Å². The molecule has 3 rings (SSSR count). The first-order valence-electron chi connectivity index (χ1n) is 7.27. The van der Waals surface area contributed by atoms with Crippen LogP contribution in [0.2, 0.25) is 0 Å². The molecule has 0 fully saturated rings. The zero-order valence-electron chi connectivity index (χ0n) is 12.8. The number of rotatable bonds is 2. The smallest absolute Gasteiger partial charge is 0.137 e. The number of hydrogen-bond donors (Lipinski definition) is 1. The molecule has 0 unspecified atom stereocenters. The molecule has 3 aromatic rings. The maximum Gasteiger partial charge on any atom is 0.137 e. The van der Waals surface area contributed by atoms with E-state index in [9.17, 15) is 0 Å². The molecular formula is C18H21N3. The van der Waals surface area contributed by atoms with E-state index in [1.807, 2.05) is 24.4 Å². The van der Waals surface area contributed by atoms with E-state index in [-0.39, 0.29) is 5.41 Å². The molecule has 0 radical (unpaired) electrons. The minimum Gasteiger partial charge on any atom is -0.325 e. The van der Waals surface area contributed by atoms with Crippen molar-refractivity contribution in [3.63, 3.8) is 0 Å². The molecule has 0 aliphatic rings. The minimum atomic E-state index is 0.161. The maximum absolute atomic E-state index is 5.94. The van der Waals surface area contributed by atoms with Crippen LogP contribution in [-0.4, -0.2) is 9.38 Å². The fraction of sp³-hybridized carbons (Fsp3) is 0.278. The minimum absolute atomic E-state index is 0.161. The summed E-state index contributed by atoms with van der Waals surface area (Å²) in [5.41, 5.74) is 11.5. The first-order chi connectivity index (χ1) is 10.0. The molecular weight excluding hydrogens is 258 g/mol. The SMILES string of the molecule is CC(C)(C)c1ccc(-c2nc3ccccn3c2CN)cc1. The molecule has 2 heterocycles. The molecule has 3 heteroatoms. The fourth-order valence-corrected chi connectivity index (χ4v) is 2.60. The third-order valence-electron chi connectivity index (χ3n) is 3.85. The van der Waals surface area contributed by atoms with E-state index in [4.69, 9.17) is 10.7 Å². The van der Waals surface area contributed by atoms with E-state index in [0.29, 0.717) is 6.54 Å². The van der Waals surface area contributed by atoms with Gasteiger partial charge in [0, 0.05) is 18.3 Å². The van der Waals surface area contributed by atoms with Crippen molar-refractivity contribution in [2.75, 3.05) is 0 Å². The first kappa shape index (κ1) is 13.8. The second kappa shape index (κ2) is 5.01. The Hall–Kier alpha value is -2.13. The van der Waals surface area contributed by atoms with Crippen molar-refractivity contribution in [2.45, 2.75) is 32.7 Å². The van der Waals surface area contributed by atoms with Crippen LogP contribution in [0.25, 0.3) is 16.9 Å². The maximum atomic E-state index is 5.94. The molecule has 0 bridgehead atoms. The molecule has 2 N–H and O–H groups in total. The average Bonchev–Trinajstić information content (AvgIpc) is 2.85. The van der Waals surface area contributed by atoms with E-state index < -0.39 is 0 Å². The Bertz CT molecular complexity index is 761. The zero-order valence-corrected chi connectivity index (χ0v) is 12.8. The van der Waals surface area contributed by atoms with Crippen LogP contribution in [0.3, 0.4) is 0 Å². The highest BCUT2D eigenvalue weighted by molar-refractivity contribution is 5.67. The summed E-state index contributed by atoms with van der Waals surface area (Å²) in [5.74, 6) is 0. The molecule has 21 heavy (non-hydrogen) atoms. The number of imidazole rings is 1. The molecule has 0 aliphatic carbocycles. The van der Waals surface area contributed by atoms with Gasteiger partial charge in [0.1, 0.15) is 5.65 Å². The number of nitrogens with zero attached hydrogens (tertiary/aromatic N) is 2. The Morgan fingerprint density at radius 2 is 1.76 bits per heavy atom. The van der Waals surface area contributed by atoms with Gasteiger partial charge in [-0.15, -0.1) is 0 Å². The summed E-state index contributed by atoms with van der Waals surface area (Å²) in [6.45, 7) is 7.14. The van der Waals surface area contributed by atoms with Crippen LogP contribution in [0.5, 0.6) is 0 Å². The third kappa shape index (κ3) is 2.45. The first-order valence-corrected chi connectivity index (χ1v) is 7.27. The van der Waals surface area contributed by atoms with E-state index in [1.54, 1.807) is 0 Å². The van der Waals surface area contributed by atoms with E-state index in [1.165, 1.54) is 5.56 Å². The molecule has 3 nitrogen and oxygen atoms in total. The fourth-order valence-electron chi connectivity index (χ4n) is 2.60. The highest BCUT2D eigenvalue weighted by Crippen LogP contribution is 2.28. The predicted octanol–water partition coefficient (Wildman–Crippen LogP) is 3.76. The van der Waals surface area contributed by atoms with Gasteiger partial charge in [-0.2, -0.15) is 0 Å². The Kier molecular flexibility index (Phi) is 3.30.